The summed E-state index contributed by atoms with van der Waals surface area (Å²) in [5, 5.41) is 4.05. The van der Waals surface area contributed by atoms with E-state index < -0.39 is 0 Å². The van der Waals surface area contributed by atoms with Crippen molar-refractivity contribution in [2.75, 3.05) is 6.54 Å². The Morgan fingerprint density at radius 2 is 2.06 bits per heavy atom. The molecule has 3 heteroatoms. The van der Waals surface area contributed by atoms with Crippen LogP contribution in [0.1, 0.15) is 31.2 Å². The van der Waals surface area contributed by atoms with E-state index in [-0.39, 0.29) is 5.82 Å². The van der Waals surface area contributed by atoms with Crippen molar-refractivity contribution < 1.29 is 4.39 Å². The Labute approximate surface area is 101 Å². The molecule has 0 unspecified atom stereocenters. The first-order chi connectivity index (χ1) is 7.75. The van der Waals surface area contributed by atoms with E-state index in [1.165, 1.54) is 37.8 Å². The first-order valence-electron chi connectivity index (χ1n) is 5.93. The molecule has 1 aliphatic carbocycles. The minimum atomic E-state index is -0.266. The lowest BCUT2D eigenvalue weighted by molar-refractivity contribution is 0.527. The van der Waals surface area contributed by atoms with Gasteiger partial charge in [0, 0.05) is 11.1 Å². The molecule has 1 aromatic rings. The zero-order valence-corrected chi connectivity index (χ0v) is 10.1. The van der Waals surface area contributed by atoms with Crippen LogP contribution in [0, 0.1) is 5.82 Å². The van der Waals surface area contributed by atoms with Gasteiger partial charge in [-0.3, -0.25) is 0 Å². The van der Waals surface area contributed by atoms with Gasteiger partial charge in [-0.05, 0) is 43.5 Å². The van der Waals surface area contributed by atoms with Crippen LogP contribution < -0.4 is 5.32 Å². The monoisotopic (exact) mass is 241 g/mol. The van der Waals surface area contributed by atoms with E-state index in [1.54, 1.807) is 6.07 Å². The van der Waals surface area contributed by atoms with Crippen LogP contribution in [-0.2, 0) is 6.42 Å². The normalized spacial score (nSPS) is 16.9. The maximum absolute atomic E-state index is 12.8. The Morgan fingerprint density at radius 1 is 1.31 bits per heavy atom. The van der Waals surface area contributed by atoms with Crippen molar-refractivity contribution >= 4 is 11.6 Å². The Balaban J connectivity index is 1.80. The Hall–Kier alpha value is -0.600. The van der Waals surface area contributed by atoms with Gasteiger partial charge in [0.2, 0.25) is 0 Å². The maximum Gasteiger partial charge on any atom is 0.124 e. The predicted molar refractivity (Wildman–Crippen MR) is 65.4 cm³/mol. The smallest absolute Gasteiger partial charge is 0.124 e. The minimum Gasteiger partial charge on any atom is -0.314 e. The van der Waals surface area contributed by atoms with Crippen LogP contribution in [0.4, 0.5) is 4.39 Å². The van der Waals surface area contributed by atoms with Gasteiger partial charge < -0.3 is 5.32 Å². The third-order valence-electron chi connectivity index (χ3n) is 3.20. The summed E-state index contributed by atoms with van der Waals surface area (Å²) < 4.78 is 12.8. The molecule has 0 saturated heterocycles. The molecule has 1 aliphatic rings. The summed E-state index contributed by atoms with van der Waals surface area (Å²) in [6, 6.07) is 5.30. The number of benzene rings is 1. The van der Waals surface area contributed by atoms with Gasteiger partial charge in [0.15, 0.2) is 0 Å². The minimum absolute atomic E-state index is 0.266. The zero-order valence-electron chi connectivity index (χ0n) is 9.31. The second-order valence-corrected chi connectivity index (χ2v) is 4.83. The summed E-state index contributed by atoms with van der Waals surface area (Å²) in [5.74, 6) is -0.266. The second kappa shape index (κ2) is 5.65. The van der Waals surface area contributed by atoms with Crippen molar-refractivity contribution in [3.05, 3.63) is 34.6 Å². The van der Waals surface area contributed by atoms with Crippen molar-refractivity contribution in [3.63, 3.8) is 0 Å². The highest BCUT2D eigenvalue weighted by molar-refractivity contribution is 6.31. The molecule has 1 aromatic carbocycles. The van der Waals surface area contributed by atoms with Crippen molar-refractivity contribution in [1.29, 1.82) is 0 Å². The SMILES string of the molecule is Fc1ccc(CCNC2CCCC2)c(Cl)c1. The highest BCUT2D eigenvalue weighted by Gasteiger charge is 2.13. The van der Waals surface area contributed by atoms with Gasteiger partial charge in [0.05, 0.1) is 0 Å². The molecule has 2 rings (SSSR count). The number of halogens is 2. The quantitative estimate of drug-likeness (QED) is 0.850. The van der Waals surface area contributed by atoms with E-state index >= 15 is 0 Å². The number of rotatable bonds is 4. The van der Waals surface area contributed by atoms with Crippen LogP contribution >= 0.6 is 11.6 Å². The van der Waals surface area contributed by atoms with Crippen molar-refractivity contribution in [1.82, 2.24) is 5.32 Å². The van der Waals surface area contributed by atoms with Gasteiger partial charge in [-0.2, -0.15) is 0 Å². The third kappa shape index (κ3) is 3.19. The molecule has 0 amide bonds. The van der Waals surface area contributed by atoms with E-state index in [1.807, 2.05) is 0 Å². The largest absolute Gasteiger partial charge is 0.314 e. The fraction of sp³-hybridized carbons (Fsp3) is 0.538. The van der Waals surface area contributed by atoms with Crippen molar-refractivity contribution in [2.24, 2.45) is 0 Å². The number of nitrogens with one attached hydrogen (secondary N) is 1. The lowest BCUT2D eigenvalue weighted by Gasteiger charge is -2.12. The predicted octanol–water partition coefficient (Wildman–Crippen LogP) is 3.55. The third-order valence-corrected chi connectivity index (χ3v) is 3.55. The van der Waals surface area contributed by atoms with E-state index in [9.17, 15) is 4.39 Å². The first kappa shape index (κ1) is 11.9. The van der Waals surface area contributed by atoms with Crippen LogP contribution in [0.15, 0.2) is 18.2 Å². The highest BCUT2D eigenvalue weighted by Crippen LogP contribution is 2.19. The summed E-state index contributed by atoms with van der Waals surface area (Å²) in [6.07, 6.45) is 6.13. The van der Waals surface area contributed by atoms with E-state index in [2.05, 4.69) is 5.32 Å². The average molecular weight is 242 g/mol. The summed E-state index contributed by atoms with van der Waals surface area (Å²) in [4.78, 5) is 0. The molecule has 16 heavy (non-hydrogen) atoms. The zero-order chi connectivity index (χ0) is 11.4. The average Bonchev–Trinajstić information content (AvgIpc) is 2.74. The fourth-order valence-corrected chi connectivity index (χ4v) is 2.53. The highest BCUT2D eigenvalue weighted by atomic mass is 35.5. The summed E-state index contributed by atoms with van der Waals surface area (Å²) in [7, 11) is 0. The topological polar surface area (TPSA) is 12.0 Å². The molecular weight excluding hydrogens is 225 g/mol. The van der Waals surface area contributed by atoms with Crippen molar-refractivity contribution in [3.8, 4) is 0 Å². The maximum atomic E-state index is 12.8. The van der Waals surface area contributed by atoms with Crippen LogP contribution in [0.25, 0.3) is 0 Å². The number of hydrogen-bond acceptors (Lipinski definition) is 1. The van der Waals surface area contributed by atoms with Gasteiger partial charge in [-0.1, -0.05) is 30.5 Å². The Kier molecular flexibility index (Phi) is 4.19. The van der Waals surface area contributed by atoms with Gasteiger partial charge in [-0.15, -0.1) is 0 Å². The molecule has 0 heterocycles. The molecule has 1 N–H and O–H groups in total. The van der Waals surface area contributed by atoms with Gasteiger partial charge in [0.25, 0.3) is 0 Å². The summed E-state index contributed by atoms with van der Waals surface area (Å²) in [6.45, 7) is 0.927. The first-order valence-corrected chi connectivity index (χ1v) is 6.31. The van der Waals surface area contributed by atoms with E-state index in [4.69, 9.17) is 11.6 Å². The molecule has 0 aromatic heterocycles. The summed E-state index contributed by atoms with van der Waals surface area (Å²) in [5.41, 5.74) is 1.02. The molecule has 0 radical (unpaired) electrons. The molecule has 1 fully saturated rings. The Morgan fingerprint density at radius 3 is 2.75 bits per heavy atom. The molecule has 1 saturated carbocycles. The molecule has 1 nitrogen and oxygen atoms in total. The summed E-state index contributed by atoms with van der Waals surface area (Å²) >= 11 is 5.96. The van der Waals surface area contributed by atoms with Crippen LogP contribution in [0.5, 0.6) is 0 Å². The van der Waals surface area contributed by atoms with Gasteiger partial charge in [-0.25, -0.2) is 4.39 Å². The molecular formula is C13H17ClFN. The van der Waals surface area contributed by atoms with Gasteiger partial charge >= 0.3 is 0 Å². The fourth-order valence-electron chi connectivity index (χ4n) is 2.27. The van der Waals surface area contributed by atoms with Crippen molar-refractivity contribution in [2.45, 2.75) is 38.1 Å². The molecule has 88 valence electrons. The molecule has 0 atom stereocenters. The van der Waals surface area contributed by atoms with Crippen LogP contribution in [-0.4, -0.2) is 12.6 Å². The van der Waals surface area contributed by atoms with E-state index in [0.717, 1.165) is 18.5 Å². The van der Waals surface area contributed by atoms with E-state index in [0.29, 0.717) is 11.1 Å². The second-order valence-electron chi connectivity index (χ2n) is 4.42. The Bertz CT molecular complexity index is 348. The standard InChI is InChI=1S/C13H17ClFN/c14-13-9-11(15)6-5-10(13)7-8-16-12-3-1-2-4-12/h5-6,9,12,16H,1-4,7-8H2. The van der Waals surface area contributed by atoms with Gasteiger partial charge in [0.1, 0.15) is 5.82 Å². The molecule has 0 spiro atoms. The lowest BCUT2D eigenvalue weighted by atomic mass is 10.1. The lowest BCUT2D eigenvalue weighted by Crippen LogP contribution is -2.28. The molecule has 0 aliphatic heterocycles. The molecule has 0 bridgehead atoms. The number of hydrogen-bond donors (Lipinski definition) is 1. The van der Waals surface area contributed by atoms with Crippen LogP contribution in [0.3, 0.4) is 0 Å². The van der Waals surface area contributed by atoms with Crippen LogP contribution in [0.2, 0.25) is 5.02 Å².